The summed E-state index contributed by atoms with van der Waals surface area (Å²) in [5, 5.41) is 2.95. The van der Waals surface area contributed by atoms with Crippen LogP contribution in [0.4, 0.5) is 0 Å². The molecule has 2 fully saturated rings. The van der Waals surface area contributed by atoms with Crippen LogP contribution < -0.4 is 10.1 Å². The number of benzene rings is 1. The molecule has 1 aromatic carbocycles. The van der Waals surface area contributed by atoms with Crippen molar-refractivity contribution in [3.63, 3.8) is 0 Å². The van der Waals surface area contributed by atoms with Crippen molar-refractivity contribution in [2.24, 2.45) is 0 Å². The van der Waals surface area contributed by atoms with E-state index >= 15 is 0 Å². The largest absolute Gasteiger partial charge is 0.497 e. The fraction of sp³-hybridized carbons (Fsp3) is 0.562. The molecule has 2 heterocycles. The minimum absolute atomic E-state index is 0.0824. The Kier molecular flexibility index (Phi) is 4.41. The van der Waals surface area contributed by atoms with Crippen LogP contribution in [-0.4, -0.2) is 56.3 Å². The zero-order valence-electron chi connectivity index (χ0n) is 12.4. The number of carbonyl (C=O) groups excluding carboxylic acids is 1. The minimum Gasteiger partial charge on any atom is -0.497 e. The van der Waals surface area contributed by atoms with Gasteiger partial charge in [0.05, 0.1) is 19.8 Å². The van der Waals surface area contributed by atoms with Crippen LogP contribution in [0.1, 0.15) is 23.2 Å². The van der Waals surface area contributed by atoms with Crippen molar-refractivity contribution in [2.75, 3.05) is 33.4 Å². The van der Waals surface area contributed by atoms with Crippen molar-refractivity contribution in [3.8, 4) is 5.75 Å². The summed E-state index contributed by atoms with van der Waals surface area (Å²) in [6.07, 6.45) is 2.59. The van der Waals surface area contributed by atoms with Gasteiger partial charge in [-0.2, -0.15) is 0 Å². The van der Waals surface area contributed by atoms with Crippen LogP contribution in [0.3, 0.4) is 0 Å². The maximum atomic E-state index is 12.1. The second kappa shape index (κ2) is 6.45. The summed E-state index contributed by atoms with van der Waals surface area (Å²) >= 11 is 0. The van der Waals surface area contributed by atoms with E-state index in [9.17, 15) is 4.79 Å². The van der Waals surface area contributed by atoms with Gasteiger partial charge < -0.3 is 14.8 Å². The third kappa shape index (κ3) is 3.36. The highest BCUT2D eigenvalue weighted by Gasteiger charge is 2.32. The van der Waals surface area contributed by atoms with Gasteiger partial charge in [-0.1, -0.05) is 6.07 Å². The number of nitrogens with zero attached hydrogens (tertiary/aromatic N) is 1. The smallest absolute Gasteiger partial charge is 0.251 e. The molecule has 21 heavy (non-hydrogen) atoms. The summed E-state index contributed by atoms with van der Waals surface area (Å²) in [5.74, 6) is 0.609. The Balaban J connectivity index is 1.51. The first-order chi connectivity index (χ1) is 10.3. The van der Waals surface area contributed by atoms with Gasteiger partial charge in [0, 0.05) is 24.7 Å². The molecule has 1 N–H and O–H groups in total. The minimum atomic E-state index is -0.0824. The Bertz CT molecular complexity index is 506. The Hall–Kier alpha value is -1.59. The van der Waals surface area contributed by atoms with Gasteiger partial charge in [-0.15, -0.1) is 0 Å². The third-order valence-electron chi connectivity index (χ3n) is 4.28. The number of ether oxygens (including phenoxy) is 2. The maximum Gasteiger partial charge on any atom is 0.251 e. The number of carbonyl (C=O) groups is 1. The second-order valence-electron chi connectivity index (χ2n) is 5.69. The SMILES string of the molecule is COc1cccc(C(=O)NC[C@H]2CN3CCC[C@@H]3CO2)c1. The van der Waals surface area contributed by atoms with Gasteiger partial charge in [0.2, 0.25) is 0 Å². The summed E-state index contributed by atoms with van der Waals surface area (Å²) < 4.78 is 11.0. The van der Waals surface area contributed by atoms with E-state index in [-0.39, 0.29) is 12.0 Å². The highest BCUT2D eigenvalue weighted by molar-refractivity contribution is 5.94. The molecular formula is C16H22N2O3. The fourth-order valence-corrected chi connectivity index (χ4v) is 3.08. The number of fused-ring (bicyclic) bond motifs is 1. The maximum absolute atomic E-state index is 12.1. The van der Waals surface area contributed by atoms with Crippen LogP contribution in [0.2, 0.25) is 0 Å². The van der Waals surface area contributed by atoms with Gasteiger partial charge in [-0.25, -0.2) is 0 Å². The molecule has 114 valence electrons. The topological polar surface area (TPSA) is 50.8 Å². The van der Waals surface area contributed by atoms with E-state index in [0.717, 1.165) is 19.7 Å². The van der Waals surface area contributed by atoms with Crippen molar-refractivity contribution < 1.29 is 14.3 Å². The van der Waals surface area contributed by atoms with Gasteiger partial charge >= 0.3 is 0 Å². The lowest BCUT2D eigenvalue weighted by molar-refractivity contribution is -0.0461. The Morgan fingerprint density at radius 3 is 3.29 bits per heavy atom. The van der Waals surface area contributed by atoms with E-state index in [0.29, 0.717) is 23.9 Å². The first-order valence-corrected chi connectivity index (χ1v) is 7.54. The zero-order chi connectivity index (χ0) is 14.7. The summed E-state index contributed by atoms with van der Waals surface area (Å²) in [6.45, 7) is 3.43. The standard InChI is InChI=1S/C16H22N2O3/c1-20-14-6-2-4-12(8-14)16(19)17-9-15-10-18-7-3-5-13(18)11-21-15/h2,4,6,8,13,15H,3,5,7,9-11H2,1H3,(H,17,19)/t13-,15+/m1/s1. The first kappa shape index (κ1) is 14.4. The van der Waals surface area contributed by atoms with Crippen LogP contribution in [0, 0.1) is 0 Å². The molecule has 5 heteroatoms. The molecule has 2 aliphatic rings. The number of methoxy groups -OCH3 is 1. The summed E-state index contributed by atoms with van der Waals surface area (Å²) in [4.78, 5) is 14.6. The average molecular weight is 290 g/mol. The summed E-state index contributed by atoms with van der Waals surface area (Å²) in [5.41, 5.74) is 0.615. The molecule has 0 saturated carbocycles. The normalized spacial score (nSPS) is 25.4. The van der Waals surface area contributed by atoms with Crippen molar-refractivity contribution in [1.82, 2.24) is 10.2 Å². The van der Waals surface area contributed by atoms with Crippen LogP contribution in [0.5, 0.6) is 5.75 Å². The molecule has 0 aliphatic carbocycles. The number of hydrogen-bond donors (Lipinski definition) is 1. The summed E-state index contributed by atoms with van der Waals surface area (Å²) in [6, 6.07) is 7.77. The van der Waals surface area contributed by atoms with Crippen LogP contribution in [-0.2, 0) is 4.74 Å². The second-order valence-corrected chi connectivity index (χ2v) is 5.69. The van der Waals surface area contributed by atoms with Crippen molar-refractivity contribution in [1.29, 1.82) is 0 Å². The van der Waals surface area contributed by atoms with E-state index in [2.05, 4.69) is 10.2 Å². The Morgan fingerprint density at radius 2 is 2.43 bits per heavy atom. The third-order valence-corrected chi connectivity index (χ3v) is 4.28. The first-order valence-electron chi connectivity index (χ1n) is 7.54. The van der Waals surface area contributed by atoms with Gasteiger partial charge in [0.15, 0.2) is 0 Å². The Labute approximate surface area is 125 Å². The van der Waals surface area contributed by atoms with E-state index in [1.165, 1.54) is 12.8 Å². The molecule has 0 radical (unpaired) electrons. The van der Waals surface area contributed by atoms with E-state index in [4.69, 9.17) is 9.47 Å². The molecule has 0 unspecified atom stereocenters. The highest BCUT2D eigenvalue weighted by Crippen LogP contribution is 2.22. The quantitative estimate of drug-likeness (QED) is 0.908. The molecular weight excluding hydrogens is 268 g/mol. The number of morpholine rings is 1. The van der Waals surface area contributed by atoms with Crippen molar-refractivity contribution in [2.45, 2.75) is 25.0 Å². The van der Waals surface area contributed by atoms with Gasteiger partial charge in [-0.05, 0) is 37.6 Å². The molecule has 0 aromatic heterocycles. The monoisotopic (exact) mass is 290 g/mol. The molecule has 0 bridgehead atoms. The number of nitrogens with one attached hydrogen (secondary N) is 1. The van der Waals surface area contributed by atoms with E-state index in [1.807, 2.05) is 12.1 Å². The molecule has 5 nitrogen and oxygen atoms in total. The van der Waals surface area contributed by atoms with E-state index < -0.39 is 0 Å². The zero-order valence-corrected chi connectivity index (χ0v) is 12.4. The molecule has 2 atom stereocenters. The fourth-order valence-electron chi connectivity index (χ4n) is 3.08. The lowest BCUT2D eigenvalue weighted by Gasteiger charge is -2.35. The van der Waals surface area contributed by atoms with Crippen LogP contribution in [0.15, 0.2) is 24.3 Å². The summed E-state index contributed by atoms with van der Waals surface area (Å²) in [7, 11) is 1.60. The highest BCUT2D eigenvalue weighted by atomic mass is 16.5. The molecule has 3 rings (SSSR count). The van der Waals surface area contributed by atoms with Crippen molar-refractivity contribution in [3.05, 3.63) is 29.8 Å². The molecule has 0 spiro atoms. The van der Waals surface area contributed by atoms with Crippen LogP contribution >= 0.6 is 0 Å². The number of rotatable bonds is 4. The lowest BCUT2D eigenvalue weighted by atomic mass is 10.1. The van der Waals surface area contributed by atoms with Crippen LogP contribution in [0.25, 0.3) is 0 Å². The van der Waals surface area contributed by atoms with Gasteiger partial charge in [0.25, 0.3) is 5.91 Å². The lowest BCUT2D eigenvalue weighted by Crippen LogP contribution is -2.50. The number of hydrogen-bond acceptors (Lipinski definition) is 4. The number of amides is 1. The Morgan fingerprint density at radius 1 is 1.52 bits per heavy atom. The molecule has 2 saturated heterocycles. The van der Waals surface area contributed by atoms with E-state index in [1.54, 1.807) is 19.2 Å². The van der Waals surface area contributed by atoms with Crippen molar-refractivity contribution >= 4 is 5.91 Å². The van der Waals surface area contributed by atoms with Gasteiger partial charge in [0.1, 0.15) is 5.75 Å². The predicted octanol–water partition coefficient (Wildman–Crippen LogP) is 1.29. The predicted molar refractivity (Wildman–Crippen MR) is 79.7 cm³/mol. The average Bonchev–Trinajstić information content (AvgIpc) is 3.00. The molecule has 2 aliphatic heterocycles. The molecule has 1 amide bonds. The van der Waals surface area contributed by atoms with Gasteiger partial charge in [-0.3, -0.25) is 9.69 Å². The molecule has 1 aromatic rings.